The van der Waals surface area contributed by atoms with Crippen LogP contribution in [0.2, 0.25) is 0 Å². The second-order valence-electron chi connectivity index (χ2n) is 5.77. The van der Waals surface area contributed by atoms with Crippen LogP contribution in [0.3, 0.4) is 0 Å². The van der Waals surface area contributed by atoms with Crippen molar-refractivity contribution in [2.24, 2.45) is 0 Å². The van der Waals surface area contributed by atoms with Crippen LogP contribution in [0.25, 0.3) is 0 Å². The molecule has 1 N–H and O–H groups in total. The third-order valence-electron chi connectivity index (χ3n) is 3.82. The zero-order valence-electron chi connectivity index (χ0n) is 13.1. The van der Waals surface area contributed by atoms with Crippen LogP contribution in [0.5, 0.6) is 5.75 Å². The topological polar surface area (TPSA) is 41.6 Å². The summed E-state index contributed by atoms with van der Waals surface area (Å²) >= 11 is 0. The van der Waals surface area contributed by atoms with Crippen LogP contribution in [0.4, 0.5) is 0 Å². The first kappa shape index (κ1) is 15.8. The summed E-state index contributed by atoms with van der Waals surface area (Å²) in [6, 6.07) is 7.77. The summed E-state index contributed by atoms with van der Waals surface area (Å²) in [5.74, 6) is 0.702. The Morgan fingerprint density at radius 2 is 2.14 bits per heavy atom. The average Bonchev–Trinajstić information content (AvgIpc) is 2.96. The number of ether oxygens (including phenoxy) is 1. The molecule has 0 unspecified atom stereocenters. The molecule has 21 heavy (non-hydrogen) atoms. The van der Waals surface area contributed by atoms with E-state index >= 15 is 0 Å². The highest BCUT2D eigenvalue weighted by atomic mass is 16.5. The Balaban J connectivity index is 1.65. The Morgan fingerprint density at radius 1 is 1.38 bits per heavy atom. The molecular weight excluding hydrogens is 264 g/mol. The molecule has 0 aliphatic carbocycles. The molecule has 0 bridgehead atoms. The van der Waals surface area contributed by atoms with Crippen molar-refractivity contribution >= 4 is 5.91 Å². The minimum absolute atomic E-state index is 0.0436. The van der Waals surface area contributed by atoms with Gasteiger partial charge in [-0.05, 0) is 70.4 Å². The lowest BCUT2D eigenvalue weighted by atomic mass is 10.2. The number of likely N-dealkylation sites (tertiary alicyclic amines) is 1. The van der Waals surface area contributed by atoms with Gasteiger partial charge in [0.25, 0.3) is 5.91 Å². The lowest BCUT2D eigenvalue weighted by molar-refractivity contribution is -0.127. The quantitative estimate of drug-likeness (QED) is 0.784. The zero-order chi connectivity index (χ0) is 15.1. The van der Waals surface area contributed by atoms with E-state index in [-0.39, 0.29) is 5.91 Å². The Labute approximate surface area is 127 Å². The maximum atomic E-state index is 12.0. The molecule has 116 valence electrons. The molecule has 4 heteroatoms. The van der Waals surface area contributed by atoms with Gasteiger partial charge in [-0.25, -0.2) is 0 Å². The van der Waals surface area contributed by atoms with Crippen LogP contribution < -0.4 is 10.1 Å². The van der Waals surface area contributed by atoms with Gasteiger partial charge in [-0.3, -0.25) is 4.79 Å². The van der Waals surface area contributed by atoms with Gasteiger partial charge in [-0.15, -0.1) is 0 Å². The van der Waals surface area contributed by atoms with Gasteiger partial charge in [0.05, 0.1) is 0 Å². The van der Waals surface area contributed by atoms with Crippen molar-refractivity contribution in [1.29, 1.82) is 0 Å². The summed E-state index contributed by atoms with van der Waals surface area (Å²) in [7, 11) is 0. The first-order valence-corrected chi connectivity index (χ1v) is 7.88. The Hall–Kier alpha value is -1.55. The molecule has 1 aliphatic rings. The molecule has 1 fully saturated rings. The van der Waals surface area contributed by atoms with Gasteiger partial charge in [0.1, 0.15) is 5.75 Å². The fourth-order valence-electron chi connectivity index (χ4n) is 2.61. The maximum absolute atomic E-state index is 12.0. The number of carbonyl (C=O) groups excluding carboxylic acids is 1. The van der Waals surface area contributed by atoms with Gasteiger partial charge in [0.15, 0.2) is 6.10 Å². The number of carbonyl (C=O) groups is 1. The van der Waals surface area contributed by atoms with E-state index in [4.69, 9.17) is 4.74 Å². The summed E-state index contributed by atoms with van der Waals surface area (Å²) in [4.78, 5) is 14.4. The molecule has 1 atom stereocenters. The fourth-order valence-corrected chi connectivity index (χ4v) is 2.61. The number of nitrogens with zero attached hydrogens (tertiary/aromatic N) is 1. The summed E-state index contributed by atoms with van der Waals surface area (Å²) in [5, 5.41) is 2.95. The van der Waals surface area contributed by atoms with Gasteiger partial charge in [0, 0.05) is 6.54 Å². The van der Waals surface area contributed by atoms with Crippen molar-refractivity contribution in [2.45, 2.75) is 39.2 Å². The van der Waals surface area contributed by atoms with Crippen molar-refractivity contribution in [3.63, 3.8) is 0 Å². The van der Waals surface area contributed by atoms with Gasteiger partial charge in [0.2, 0.25) is 0 Å². The number of hydrogen-bond donors (Lipinski definition) is 1. The van der Waals surface area contributed by atoms with Crippen LogP contribution in [0.1, 0.15) is 31.7 Å². The highest BCUT2D eigenvalue weighted by Gasteiger charge is 2.15. The summed E-state index contributed by atoms with van der Waals surface area (Å²) in [5.41, 5.74) is 1.13. The summed E-state index contributed by atoms with van der Waals surface area (Å²) in [6.07, 6.45) is 3.17. The SMILES string of the molecule is Cc1cccc(O[C@@H](C)C(=O)NCCCN2CCCC2)c1. The van der Waals surface area contributed by atoms with Gasteiger partial charge < -0.3 is 15.0 Å². The molecule has 0 spiro atoms. The van der Waals surface area contributed by atoms with E-state index in [1.165, 1.54) is 25.9 Å². The van der Waals surface area contributed by atoms with Crippen LogP contribution in [0.15, 0.2) is 24.3 Å². The Kier molecular flexibility index (Phi) is 6.05. The zero-order valence-corrected chi connectivity index (χ0v) is 13.1. The molecular formula is C17H26N2O2. The highest BCUT2D eigenvalue weighted by molar-refractivity contribution is 5.80. The monoisotopic (exact) mass is 290 g/mol. The van der Waals surface area contributed by atoms with E-state index in [0.29, 0.717) is 0 Å². The smallest absolute Gasteiger partial charge is 0.260 e. The predicted molar refractivity (Wildman–Crippen MR) is 84.6 cm³/mol. The lowest BCUT2D eigenvalue weighted by Crippen LogP contribution is -2.37. The number of hydrogen-bond acceptors (Lipinski definition) is 3. The van der Waals surface area contributed by atoms with Crippen molar-refractivity contribution in [1.82, 2.24) is 10.2 Å². The number of rotatable bonds is 7. The molecule has 1 aromatic rings. The summed E-state index contributed by atoms with van der Waals surface area (Å²) in [6.45, 7) is 8.01. The maximum Gasteiger partial charge on any atom is 0.260 e. The molecule has 1 amide bonds. The number of aryl methyl sites for hydroxylation is 1. The molecule has 0 saturated carbocycles. The second kappa shape index (κ2) is 8.03. The molecule has 0 radical (unpaired) electrons. The molecule has 2 rings (SSSR count). The minimum atomic E-state index is -0.460. The van der Waals surface area contributed by atoms with E-state index in [0.717, 1.165) is 30.8 Å². The average molecular weight is 290 g/mol. The largest absolute Gasteiger partial charge is 0.481 e. The first-order chi connectivity index (χ1) is 10.1. The van der Waals surface area contributed by atoms with Crippen LogP contribution >= 0.6 is 0 Å². The van der Waals surface area contributed by atoms with E-state index in [1.807, 2.05) is 31.2 Å². The predicted octanol–water partition coefficient (Wildman–Crippen LogP) is 2.36. The van der Waals surface area contributed by atoms with Gasteiger partial charge in [-0.1, -0.05) is 12.1 Å². The van der Waals surface area contributed by atoms with Gasteiger partial charge >= 0.3 is 0 Å². The van der Waals surface area contributed by atoms with Crippen LogP contribution in [-0.2, 0) is 4.79 Å². The molecule has 1 heterocycles. The number of nitrogens with one attached hydrogen (secondary N) is 1. The van der Waals surface area contributed by atoms with Crippen LogP contribution in [0, 0.1) is 6.92 Å². The fraction of sp³-hybridized carbons (Fsp3) is 0.588. The molecule has 1 aliphatic heterocycles. The second-order valence-corrected chi connectivity index (χ2v) is 5.77. The normalized spacial score (nSPS) is 16.7. The molecule has 0 aromatic heterocycles. The van der Waals surface area contributed by atoms with Crippen molar-refractivity contribution < 1.29 is 9.53 Å². The lowest BCUT2D eigenvalue weighted by Gasteiger charge is -2.17. The van der Waals surface area contributed by atoms with Crippen molar-refractivity contribution in [2.75, 3.05) is 26.2 Å². The molecule has 1 saturated heterocycles. The Morgan fingerprint density at radius 3 is 2.86 bits per heavy atom. The van der Waals surface area contributed by atoms with E-state index in [9.17, 15) is 4.79 Å². The van der Waals surface area contributed by atoms with Gasteiger partial charge in [-0.2, -0.15) is 0 Å². The third kappa shape index (κ3) is 5.38. The van der Waals surface area contributed by atoms with E-state index in [1.54, 1.807) is 6.92 Å². The standard InChI is InChI=1S/C17H26N2O2/c1-14-7-5-8-16(13-14)21-15(2)17(20)18-9-6-12-19-10-3-4-11-19/h5,7-8,13,15H,3-4,6,9-12H2,1-2H3,(H,18,20)/t15-/m0/s1. The molecule has 4 nitrogen and oxygen atoms in total. The van der Waals surface area contributed by atoms with Crippen LogP contribution in [-0.4, -0.2) is 43.1 Å². The number of amides is 1. The van der Waals surface area contributed by atoms with E-state index < -0.39 is 6.10 Å². The first-order valence-electron chi connectivity index (χ1n) is 7.88. The number of benzene rings is 1. The summed E-state index contributed by atoms with van der Waals surface area (Å²) < 4.78 is 5.66. The van der Waals surface area contributed by atoms with Crippen molar-refractivity contribution in [3.05, 3.63) is 29.8 Å². The minimum Gasteiger partial charge on any atom is -0.481 e. The highest BCUT2D eigenvalue weighted by Crippen LogP contribution is 2.14. The Bertz CT molecular complexity index is 456. The molecule has 1 aromatic carbocycles. The third-order valence-corrected chi connectivity index (χ3v) is 3.82. The van der Waals surface area contributed by atoms with Crippen molar-refractivity contribution in [3.8, 4) is 5.75 Å². The van der Waals surface area contributed by atoms with E-state index in [2.05, 4.69) is 10.2 Å².